The second-order valence-electron chi connectivity index (χ2n) is 0.402. The summed E-state index contributed by atoms with van der Waals surface area (Å²) < 4.78 is 0. The van der Waals surface area contributed by atoms with Crippen molar-refractivity contribution in [2.45, 2.75) is 0 Å². The number of carbonyl (C=O) groups excluding carboxylic acids is 1. The van der Waals surface area contributed by atoms with E-state index in [1.807, 2.05) is 0 Å². The molecule has 0 aliphatic heterocycles. The zero-order valence-electron chi connectivity index (χ0n) is 2.40. The van der Waals surface area contributed by atoms with Crippen LogP contribution in [0.3, 0.4) is 0 Å². The summed E-state index contributed by atoms with van der Waals surface area (Å²) in [4.78, 5) is 9.00. The van der Waals surface area contributed by atoms with E-state index in [-0.39, 0.29) is 19.5 Å². The first-order valence-corrected chi connectivity index (χ1v) is 0.781. The van der Waals surface area contributed by atoms with Crippen molar-refractivity contribution in [3.05, 3.63) is 0 Å². The molecule has 0 aromatic heterocycles. The molecule has 2 amide bonds. The Morgan fingerprint density at radius 3 is 1.40 bits per heavy atom. The number of urea groups is 1. The summed E-state index contributed by atoms with van der Waals surface area (Å²) >= 11 is 0. The van der Waals surface area contributed by atoms with Gasteiger partial charge in [-0.15, -0.1) is 0 Å². The van der Waals surface area contributed by atoms with Crippen LogP contribution in [0.1, 0.15) is 0 Å². The summed E-state index contributed by atoms with van der Waals surface area (Å²) in [5.74, 6) is 0. The first-order chi connectivity index (χ1) is 1.73. The molecule has 0 bridgehead atoms. The molecule has 4 heteroatoms. The number of nitrogens with two attached hydrogens (primary N) is 2. The van der Waals surface area contributed by atoms with Crippen molar-refractivity contribution in [1.82, 2.24) is 0 Å². The van der Waals surface area contributed by atoms with Crippen LogP contribution in [0.25, 0.3) is 0 Å². The van der Waals surface area contributed by atoms with Crippen molar-refractivity contribution in [3.8, 4) is 0 Å². The Labute approximate surface area is 42.5 Å². The van der Waals surface area contributed by atoms with E-state index in [2.05, 4.69) is 11.5 Å². The molecule has 0 rings (SSSR count). The molecule has 0 saturated heterocycles. The van der Waals surface area contributed by atoms with Crippen molar-refractivity contribution in [1.29, 1.82) is 0 Å². The predicted octanol–water partition coefficient (Wildman–Crippen LogP) is -0.979. The third-order valence-corrected chi connectivity index (χ3v) is 0. The fraction of sp³-hybridized carbons (Fsp3) is 0. The summed E-state index contributed by atoms with van der Waals surface area (Å²) in [5, 5.41) is 0. The van der Waals surface area contributed by atoms with Gasteiger partial charge in [0, 0.05) is 19.5 Å². The molecule has 0 unspecified atom stereocenters. The summed E-state index contributed by atoms with van der Waals surface area (Å²) in [6.07, 6.45) is 0. The van der Waals surface area contributed by atoms with Crippen molar-refractivity contribution >= 4 is 6.03 Å². The Morgan fingerprint density at radius 2 is 1.40 bits per heavy atom. The average Bonchev–Trinajstić information content (AvgIpc) is 0.811. The van der Waals surface area contributed by atoms with Gasteiger partial charge in [-0.2, -0.15) is 0 Å². The molecule has 3 nitrogen and oxygen atoms in total. The van der Waals surface area contributed by atoms with Gasteiger partial charge in [0.05, 0.1) is 0 Å². The number of hydrogen-bond donors (Lipinski definition) is 2. The molecule has 0 aromatic carbocycles. The van der Waals surface area contributed by atoms with Crippen molar-refractivity contribution in [3.63, 3.8) is 0 Å². The Balaban J connectivity index is 0. The minimum Gasteiger partial charge on any atom is -0.352 e. The van der Waals surface area contributed by atoms with E-state index in [1.54, 1.807) is 0 Å². The van der Waals surface area contributed by atoms with Crippen LogP contribution in [0, 0.1) is 0 Å². The largest absolute Gasteiger partial charge is 0.352 e. The molecule has 4 N–H and O–H groups in total. The third-order valence-electron chi connectivity index (χ3n) is 0. The van der Waals surface area contributed by atoms with Gasteiger partial charge in [-0.05, 0) is 0 Å². The maximum Gasteiger partial charge on any atom is 0.309 e. The van der Waals surface area contributed by atoms with Crippen LogP contribution in [0.15, 0.2) is 0 Å². The second kappa shape index (κ2) is 3.89. The molecule has 0 fully saturated rings. The van der Waals surface area contributed by atoms with Crippen molar-refractivity contribution in [2.75, 3.05) is 0 Å². The summed E-state index contributed by atoms with van der Waals surface area (Å²) in [6, 6.07) is -0.833. The van der Waals surface area contributed by atoms with Crippen molar-refractivity contribution < 1.29 is 24.3 Å². The van der Waals surface area contributed by atoms with E-state index >= 15 is 0 Å². The smallest absolute Gasteiger partial charge is 0.309 e. The standard InChI is InChI=1S/CH4N2O.Rh/c2-1(3)4;/h(H4,2,3,4);. The third kappa shape index (κ3) is 1230. The topological polar surface area (TPSA) is 69.1 Å². The van der Waals surface area contributed by atoms with Crippen LogP contribution in [0.4, 0.5) is 4.79 Å². The summed E-state index contributed by atoms with van der Waals surface area (Å²) in [5.41, 5.74) is 8.50. The van der Waals surface area contributed by atoms with Crippen LogP contribution in [-0.2, 0) is 19.5 Å². The first kappa shape index (κ1) is 8.86. The van der Waals surface area contributed by atoms with Crippen LogP contribution in [-0.4, -0.2) is 6.03 Å². The molecule has 0 heterocycles. The number of primary amides is 2. The molecule has 0 aliphatic carbocycles. The predicted molar refractivity (Wildman–Crippen MR) is 13.8 cm³/mol. The first-order valence-electron chi connectivity index (χ1n) is 0.781. The minimum atomic E-state index is -0.833. The zero-order chi connectivity index (χ0) is 3.58. The number of hydrogen-bond acceptors (Lipinski definition) is 1. The molecule has 1 radical (unpaired) electrons. The summed E-state index contributed by atoms with van der Waals surface area (Å²) in [6.45, 7) is 0. The van der Waals surface area contributed by atoms with Gasteiger partial charge in [0.1, 0.15) is 0 Å². The molecule has 0 saturated carbocycles. The Morgan fingerprint density at radius 1 is 1.40 bits per heavy atom. The quantitative estimate of drug-likeness (QED) is 0.442. The van der Waals surface area contributed by atoms with Gasteiger partial charge in [-0.1, -0.05) is 0 Å². The zero-order valence-corrected chi connectivity index (χ0v) is 4.03. The van der Waals surface area contributed by atoms with Gasteiger partial charge in [-0.3, -0.25) is 0 Å². The Hall–Kier alpha value is -0.107. The molecular weight excluding hydrogens is 159 g/mol. The number of rotatable bonds is 0. The van der Waals surface area contributed by atoms with E-state index in [9.17, 15) is 0 Å². The SMILES string of the molecule is NC(N)=O.[Rh]. The molecule has 0 atom stereocenters. The van der Waals surface area contributed by atoms with E-state index in [1.165, 1.54) is 0 Å². The van der Waals surface area contributed by atoms with Gasteiger partial charge in [0.25, 0.3) is 0 Å². The van der Waals surface area contributed by atoms with Crippen molar-refractivity contribution in [2.24, 2.45) is 11.5 Å². The summed E-state index contributed by atoms with van der Waals surface area (Å²) in [7, 11) is 0. The minimum absolute atomic E-state index is 0. The molecule has 0 aliphatic rings. The fourth-order valence-corrected chi connectivity index (χ4v) is 0. The molecule has 0 spiro atoms. The van der Waals surface area contributed by atoms with Gasteiger partial charge in [0.15, 0.2) is 0 Å². The number of amides is 2. The van der Waals surface area contributed by atoms with Gasteiger partial charge < -0.3 is 11.5 Å². The van der Waals surface area contributed by atoms with Crippen LogP contribution in [0.5, 0.6) is 0 Å². The second-order valence-corrected chi connectivity index (χ2v) is 0.402. The van der Waals surface area contributed by atoms with E-state index in [4.69, 9.17) is 4.79 Å². The van der Waals surface area contributed by atoms with Gasteiger partial charge in [-0.25, -0.2) is 4.79 Å². The maximum atomic E-state index is 9.00. The normalized spacial score (nSPS) is 4.80. The van der Waals surface area contributed by atoms with E-state index in [0.29, 0.717) is 0 Å². The average molecular weight is 163 g/mol. The number of carbonyl (C=O) groups is 1. The fourth-order valence-electron chi connectivity index (χ4n) is 0. The van der Waals surface area contributed by atoms with Gasteiger partial charge >= 0.3 is 6.03 Å². The Kier molecular flexibility index (Phi) is 6.90. The molecule has 5 heavy (non-hydrogen) atoms. The van der Waals surface area contributed by atoms with E-state index < -0.39 is 6.03 Å². The van der Waals surface area contributed by atoms with E-state index in [0.717, 1.165) is 0 Å². The maximum absolute atomic E-state index is 9.00. The monoisotopic (exact) mass is 163 g/mol. The van der Waals surface area contributed by atoms with Crippen LogP contribution in [0.2, 0.25) is 0 Å². The molecule has 33 valence electrons. The molecule has 0 aromatic rings. The van der Waals surface area contributed by atoms with Crippen LogP contribution >= 0.6 is 0 Å². The van der Waals surface area contributed by atoms with Gasteiger partial charge in [0.2, 0.25) is 0 Å². The Bertz CT molecular complexity index is 32.6. The molecular formula is CH4N2ORh. The van der Waals surface area contributed by atoms with Crippen LogP contribution < -0.4 is 11.5 Å².